The molecule has 2 saturated carbocycles. The van der Waals surface area contributed by atoms with E-state index in [9.17, 15) is 14.4 Å². The number of likely N-dealkylation sites (N-methyl/N-ethyl adjacent to an activating group) is 1. The molecule has 2 aromatic rings. The molecule has 2 N–H and O–H groups in total. The Labute approximate surface area is 218 Å². The van der Waals surface area contributed by atoms with Crippen molar-refractivity contribution in [3.8, 4) is 0 Å². The number of carbonyl (C=O) groups is 3. The van der Waals surface area contributed by atoms with Gasteiger partial charge < -0.3 is 15.5 Å². The number of anilines is 1. The van der Waals surface area contributed by atoms with Crippen molar-refractivity contribution in [2.45, 2.75) is 64.0 Å². The van der Waals surface area contributed by atoms with Crippen molar-refractivity contribution < 1.29 is 14.4 Å². The summed E-state index contributed by atoms with van der Waals surface area (Å²) in [4.78, 5) is 47.0. The zero-order valence-corrected chi connectivity index (χ0v) is 21.5. The molecule has 0 bridgehead atoms. The number of amides is 3. The molecule has 0 aromatic heterocycles. The van der Waals surface area contributed by atoms with Gasteiger partial charge in [-0.3, -0.25) is 14.4 Å². The van der Waals surface area contributed by atoms with Crippen LogP contribution in [0.2, 0.25) is 0 Å². The zero-order chi connectivity index (χ0) is 25.8. The number of hydrogen-bond donors (Lipinski definition) is 2. The van der Waals surface area contributed by atoms with E-state index in [1.165, 1.54) is 25.7 Å². The molecule has 0 radical (unpaired) electrons. The van der Waals surface area contributed by atoms with Gasteiger partial charge in [0.15, 0.2) is 0 Å². The van der Waals surface area contributed by atoms with Crippen LogP contribution in [-0.4, -0.2) is 43.2 Å². The third-order valence-corrected chi connectivity index (χ3v) is 8.30. The second-order valence-electron chi connectivity index (χ2n) is 10.6. The van der Waals surface area contributed by atoms with E-state index in [2.05, 4.69) is 10.6 Å². The first kappa shape index (κ1) is 25.2. The largest absolute Gasteiger partial charge is 0.355 e. The molecule has 1 heterocycles. The number of fused-ring (bicyclic) bond motifs is 1. The molecule has 7 heteroatoms. The minimum Gasteiger partial charge on any atom is -0.355 e. The number of nitrogens with zero attached hydrogens (tertiary/aromatic N) is 2. The highest BCUT2D eigenvalue weighted by Gasteiger charge is 2.49. The SMILES string of the molecule is CN1C(=O)[C@@H](NC(=O)C2(C(=O)NCCC3CCCC3)CCCC2)N=C(c2ccccc2)c2ccccc21. The van der Waals surface area contributed by atoms with E-state index in [0.717, 1.165) is 36.1 Å². The topological polar surface area (TPSA) is 90.9 Å². The second kappa shape index (κ2) is 10.9. The summed E-state index contributed by atoms with van der Waals surface area (Å²) in [5.41, 5.74) is 1.89. The minimum absolute atomic E-state index is 0.217. The second-order valence-corrected chi connectivity index (χ2v) is 10.6. The third-order valence-electron chi connectivity index (χ3n) is 8.30. The van der Waals surface area contributed by atoms with Gasteiger partial charge in [-0.1, -0.05) is 87.1 Å². The normalized spacial score (nSPS) is 21.2. The molecular weight excluding hydrogens is 464 g/mol. The Hall–Kier alpha value is -3.48. The fourth-order valence-corrected chi connectivity index (χ4v) is 6.10. The van der Waals surface area contributed by atoms with Gasteiger partial charge in [0.1, 0.15) is 5.41 Å². The quantitative estimate of drug-likeness (QED) is 0.559. The van der Waals surface area contributed by atoms with Gasteiger partial charge in [-0.05, 0) is 31.2 Å². The van der Waals surface area contributed by atoms with Gasteiger partial charge in [0.25, 0.3) is 5.91 Å². The number of rotatable bonds is 7. The highest BCUT2D eigenvalue weighted by molar-refractivity contribution is 6.20. The molecule has 0 spiro atoms. The van der Waals surface area contributed by atoms with Crippen LogP contribution in [0, 0.1) is 11.3 Å². The van der Waals surface area contributed by atoms with Gasteiger partial charge in [0.2, 0.25) is 18.0 Å². The molecule has 0 unspecified atom stereocenters. The van der Waals surface area contributed by atoms with Crippen molar-refractivity contribution in [2.24, 2.45) is 16.3 Å². The molecule has 3 aliphatic rings. The summed E-state index contributed by atoms with van der Waals surface area (Å²) >= 11 is 0. The van der Waals surface area contributed by atoms with Crippen LogP contribution in [0.4, 0.5) is 5.69 Å². The average molecular weight is 501 g/mol. The lowest BCUT2D eigenvalue weighted by Gasteiger charge is -2.29. The van der Waals surface area contributed by atoms with E-state index in [-0.39, 0.29) is 11.8 Å². The number of para-hydroxylation sites is 1. The Balaban J connectivity index is 1.40. The first-order chi connectivity index (χ1) is 18.0. The summed E-state index contributed by atoms with van der Waals surface area (Å²) < 4.78 is 0. The molecule has 2 fully saturated rings. The standard InChI is InChI=1S/C30H36N4O3/c1-34-24-16-8-7-15-23(24)25(22-13-3-2-4-14-22)32-26(27(34)35)33-29(37)30(18-9-10-19-30)28(36)31-20-17-21-11-5-6-12-21/h2-4,7-8,13-16,21,26H,5-6,9-12,17-20H2,1H3,(H,31,36)(H,33,37)/t26-/m1/s1. The monoisotopic (exact) mass is 500 g/mol. The summed E-state index contributed by atoms with van der Waals surface area (Å²) in [5, 5.41) is 5.95. The molecule has 3 amide bonds. The Morgan fingerprint density at radius 1 is 0.946 bits per heavy atom. The lowest BCUT2D eigenvalue weighted by atomic mass is 9.83. The van der Waals surface area contributed by atoms with E-state index in [4.69, 9.17) is 4.99 Å². The summed E-state index contributed by atoms with van der Waals surface area (Å²) in [6.45, 7) is 0.593. The maximum atomic E-state index is 13.8. The maximum Gasteiger partial charge on any atom is 0.272 e. The molecule has 2 aliphatic carbocycles. The molecule has 1 aliphatic heterocycles. The van der Waals surface area contributed by atoms with Crippen LogP contribution in [0.3, 0.4) is 0 Å². The minimum atomic E-state index is -1.16. The molecule has 0 saturated heterocycles. The first-order valence-electron chi connectivity index (χ1n) is 13.6. The Morgan fingerprint density at radius 2 is 1.62 bits per heavy atom. The van der Waals surface area contributed by atoms with Crippen molar-refractivity contribution in [1.82, 2.24) is 10.6 Å². The number of benzene rings is 2. The number of carbonyl (C=O) groups excluding carboxylic acids is 3. The van der Waals surface area contributed by atoms with Crippen LogP contribution in [-0.2, 0) is 14.4 Å². The molecule has 5 rings (SSSR count). The summed E-state index contributed by atoms with van der Waals surface area (Å²) in [6, 6.07) is 17.3. The summed E-state index contributed by atoms with van der Waals surface area (Å²) in [7, 11) is 1.70. The number of hydrogen-bond acceptors (Lipinski definition) is 4. The van der Waals surface area contributed by atoms with Gasteiger partial charge in [-0.25, -0.2) is 4.99 Å². The molecule has 1 atom stereocenters. The molecule has 2 aromatic carbocycles. The lowest BCUT2D eigenvalue weighted by Crippen LogP contribution is -2.55. The van der Waals surface area contributed by atoms with Gasteiger partial charge in [0.05, 0.1) is 11.4 Å². The van der Waals surface area contributed by atoms with Crippen LogP contribution in [0.25, 0.3) is 0 Å². The molecule has 37 heavy (non-hydrogen) atoms. The third kappa shape index (κ3) is 5.04. The fraction of sp³-hybridized carbons (Fsp3) is 0.467. The first-order valence-corrected chi connectivity index (χ1v) is 13.6. The fourth-order valence-electron chi connectivity index (χ4n) is 6.10. The predicted molar refractivity (Wildman–Crippen MR) is 144 cm³/mol. The number of benzodiazepines with no additional fused rings is 1. The highest BCUT2D eigenvalue weighted by atomic mass is 16.2. The van der Waals surface area contributed by atoms with Gasteiger partial charge >= 0.3 is 0 Å². The van der Waals surface area contributed by atoms with E-state index in [1.807, 2.05) is 54.6 Å². The van der Waals surface area contributed by atoms with Crippen LogP contribution in [0.15, 0.2) is 59.6 Å². The van der Waals surface area contributed by atoms with E-state index >= 15 is 0 Å². The summed E-state index contributed by atoms with van der Waals surface area (Å²) in [5.74, 6) is -0.288. The Bertz CT molecular complexity index is 1180. The van der Waals surface area contributed by atoms with Crippen molar-refractivity contribution in [2.75, 3.05) is 18.5 Å². The van der Waals surface area contributed by atoms with Crippen LogP contribution >= 0.6 is 0 Å². The molecule has 194 valence electrons. The molecular formula is C30H36N4O3. The average Bonchev–Trinajstić information content (AvgIpc) is 3.62. The van der Waals surface area contributed by atoms with Crippen LogP contribution in [0.1, 0.15) is 68.9 Å². The van der Waals surface area contributed by atoms with Crippen molar-refractivity contribution in [3.63, 3.8) is 0 Å². The smallest absolute Gasteiger partial charge is 0.272 e. The van der Waals surface area contributed by atoms with Crippen molar-refractivity contribution in [3.05, 3.63) is 65.7 Å². The van der Waals surface area contributed by atoms with Gasteiger partial charge in [-0.2, -0.15) is 0 Å². The lowest BCUT2D eigenvalue weighted by molar-refractivity contribution is -0.144. The van der Waals surface area contributed by atoms with Crippen molar-refractivity contribution in [1.29, 1.82) is 0 Å². The number of nitrogens with one attached hydrogen (secondary N) is 2. The van der Waals surface area contributed by atoms with E-state index in [0.29, 0.717) is 31.0 Å². The van der Waals surface area contributed by atoms with Gasteiger partial charge in [0, 0.05) is 24.7 Å². The Kier molecular flexibility index (Phi) is 7.40. The maximum absolute atomic E-state index is 13.8. The zero-order valence-electron chi connectivity index (χ0n) is 21.5. The van der Waals surface area contributed by atoms with Crippen LogP contribution < -0.4 is 15.5 Å². The van der Waals surface area contributed by atoms with Gasteiger partial charge in [-0.15, -0.1) is 0 Å². The van der Waals surface area contributed by atoms with Crippen LogP contribution in [0.5, 0.6) is 0 Å². The van der Waals surface area contributed by atoms with E-state index in [1.54, 1.807) is 11.9 Å². The Morgan fingerprint density at radius 3 is 2.35 bits per heavy atom. The molecule has 7 nitrogen and oxygen atoms in total. The highest BCUT2D eigenvalue weighted by Crippen LogP contribution is 2.39. The van der Waals surface area contributed by atoms with E-state index < -0.39 is 17.5 Å². The van der Waals surface area contributed by atoms with Crippen molar-refractivity contribution >= 4 is 29.1 Å². The number of aliphatic imine (C=N–C) groups is 1. The summed E-state index contributed by atoms with van der Waals surface area (Å²) in [6.07, 6.45) is 7.42. The predicted octanol–water partition coefficient (Wildman–Crippen LogP) is 4.20.